The Morgan fingerprint density at radius 3 is 2.21 bits per heavy atom. The van der Waals surface area contributed by atoms with Gasteiger partial charge in [-0.3, -0.25) is 0 Å². The van der Waals surface area contributed by atoms with Gasteiger partial charge in [-0.1, -0.05) is 34.8 Å². The number of halogens is 3. The van der Waals surface area contributed by atoms with Crippen LogP contribution in [0.2, 0.25) is 15.1 Å². The lowest BCUT2D eigenvalue weighted by Gasteiger charge is -2.15. The van der Waals surface area contributed by atoms with E-state index in [-0.39, 0.29) is 15.7 Å². The first-order valence-electron chi connectivity index (χ1n) is 3.69. The third-order valence-electron chi connectivity index (χ3n) is 1.67. The van der Waals surface area contributed by atoms with Gasteiger partial charge in [-0.15, -0.1) is 0 Å². The van der Waals surface area contributed by atoms with E-state index in [9.17, 15) is 0 Å². The van der Waals surface area contributed by atoms with Gasteiger partial charge in [0.1, 0.15) is 0 Å². The summed E-state index contributed by atoms with van der Waals surface area (Å²) in [5.74, 6) is 0. The summed E-state index contributed by atoms with van der Waals surface area (Å²) in [6, 6.07) is 1.45. The highest BCUT2D eigenvalue weighted by atomic mass is 35.5. The van der Waals surface area contributed by atoms with Gasteiger partial charge >= 0.3 is 5.69 Å². The van der Waals surface area contributed by atoms with E-state index >= 15 is 0 Å². The highest BCUT2D eigenvalue weighted by Crippen LogP contribution is 2.43. The smallest absolute Gasteiger partial charge is 0.375 e. The van der Waals surface area contributed by atoms with Crippen LogP contribution in [0.1, 0.15) is 0 Å². The first-order valence-corrected chi connectivity index (χ1v) is 4.82. The standard InChI is InChI=1S/C8H7Cl3N3/c1-14(2)8-4(9)3-5(13-12)6(10)7(8)11/h3H,1-2H3/q+1. The molecule has 0 aromatic heterocycles. The molecule has 74 valence electrons. The molecule has 0 aliphatic carbocycles. The Bertz CT molecular complexity index is 409. The fourth-order valence-corrected chi connectivity index (χ4v) is 2.02. The Morgan fingerprint density at radius 2 is 1.79 bits per heavy atom. The molecule has 0 N–H and O–H groups in total. The van der Waals surface area contributed by atoms with Gasteiger partial charge in [0.15, 0.2) is 10.00 Å². The van der Waals surface area contributed by atoms with Crippen LogP contribution in [0, 0.1) is 5.39 Å². The molecule has 1 rings (SSSR count). The number of anilines is 1. The van der Waals surface area contributed by atoms with Crippen LogP contribution in [-0.4, -0.2) is 14.1 Å². The van der Waals surface area contributed by atoms with Crippen LogP contribution in [0.15, 0.2) is 6.07 Å². The van der Waals surface area contributed by atoms with Crippen molar-refractivity contribution in [1.29, 1.82) is 5.39 Å². The highest BCUT2D eigenvalue weighted by Gasteiger charge is 2.22. The molecule has 0 spiro atoms. The molecule has 0 amide bonds. The van der Waals surface area contributed by atoms with Crippen molar-refractivity contribution in [3.63, 3.8) is 0 Å². The number of benzene rings is 1. The zero-order chi connectivity index (χ0) is 10.9. The molecule has 0 atom stereocenters. The Morgan fingerprint density at radius 1 is 1.21 bits per heavy atom. The van der Waals surface area contributed by atoms with Gasteiger partial charge in [-0.25, -0.2) is 0 Å². The lowest BCUT2D eigenvalue weighted by molar-refractivity contribution is 1.13. The van der Waals surface area contributed by atoms with Crippen molar-refractivity contribution in [2.24, 2.45) is 0 Å². The van der Waals surface area contributed by atoms with Gasteiger partial charge in [0, 0.05) is 14.1 Å². The summed E-state index contributed by atoms with van der Waals surface area (Å²) < 4.78 is 0. The van der Waals surface area contributed by atoms with Crippen molar-refractivity contribution in [3.8, 4) is 0 Å². The van der Waals surface area contributed by atoms with E-state index in [1.165, 1.54) is 6.07 Å². The molecule has 0 bridgehead atoms. The molecule has 3 nitrogen and oxygen atoms in total. The summed E-state index contributed by atoms with van der Waals surface area (Å²) >= 11 is 17.7. The maximum atomic E-state index is 8.61. The maximum Gasteiger partial charge on any atom is 0.406 e. The number of hydrogen-bond acceptors (Lipinski definition) is 2. The maximum absolute atomic E-state index is 8.61. The van der Waals surface area contributed by atoms with E-state index in [2.05, 4.69) is 4.98 Å². The summed E-state index contributed by atoms with van der Waals surface area (Å²) in [4.78, 5) is 4.71. The minimum atomic E-state index is 0.160. The van der Waals surface area contributed by atoms with Crippen molar-refractivity contribution in [1.82, 2.24) is 0 Å². The first-order chi connectivity index (χ1) is 6.49. The second kappa shape index (κ2) is 4.22. The fourth-order valence-electron chi connectivity index (χ4n) is 1.06. The second-order valence-corrected chi connectivity index (χ2v) is 4.01. The molecule has 6 heteroatoms. The summed E-state index contributed by atoms with van der Waals surface area (Å²) in [7, 11) is 3.58. The van der Waals surface area contributed by atoms with Crippen molar-refractivity contribution in [2.45, 2.75) is 0 Å². The normalized spacial score (nSPS) is 9.71. The van der Waals surface area contributed by atoms with Crippen molar-refractivity contribution >= 4 is 46.2 Å². The zero-order valence-electron chi connectivity index (χ0n) is 7.55. The zero-order valence-corrected chi connectivity index (χ0v) is 9.82. The van der Waals surface area contributed by atoms with Crippen LogP contribution >= 0.6 is 34.8 Å². The van der Waals surface area contributed by atoms with E-state index in [0.717, 1.165) is 0 Å². The van der Waals surface area contributed by atoms with Gasteiger partial charge in [0.05, 0.1) is 21.8 Å². The predicted octanol–water partition coefficient (Wildman–Crippen LogP) is 4.20. The molecular formula is C8H7Cl3N3+. The Balaban J connectivity index is 3.51. The van der Waals surface area contributed by atoms with Crippen LogP contribution in [0.25, 0.3) is 4.98 Å². The molecule has 14 heavy (non-hydrogen) atoms. The fraction of sp³-hybridized carbons (Fsp3) is 0.250. The monoisotopic (exact) mass is 250 g/mol. The summed E-state index contributed by atoms with van der Waals surface area (Å²) in [6.07, 6.45) is 0. The lowest BCUT2D eigenvalue weighted by Crippen LogP contribution is -2.09. The molecule has 0 heterocycles. The molecule has 0 saturated carbocycles. The minimum absolute atomic E-state index is 0.160. The lowest BCUT2D eigenvalue weighted by atomic mass is 10.2. The topological polar surface area (TPSA) is 31.4 Å². The first kappa shape index (κ1) is 11.4. The number of hydrogen-bond donors (Lipinski definition) is 0. The van der Waals surface area contributed by atoms with E-state index in [0.29, 0.717) is 10.7 Å². The molecule has 1 aromatic carbocycles. The van der Waals surface area contributed by atoms with Crippen LogP contribution < -0.4 is 4.90 Å². The molecular weight excluding hydrogens is 244 g/mol. The Kier molecular flexibility index (Phi) is 3.43. The van der Waals surface area contributed by atoms with Crippen molar-refractivity contribution < 1.29 is 0 Å². The molecule has 0 aliphatic rings. The summed E-state index contributed by atoms with van der Waals surface area (Å²) in [5, 5.41) is 9.45. The van der Waals surface area contributed by atoms with E-state index in [4.69, 9.17) is 40.2 Å². The minimum Gasteiger partial charge on any atom is -0.375 e. The van der Waals surface area contributed by atoms with Crippen LogP contribution in [-0.2, 0) is 0 Å². The third-order valence-corrected chi connectivity index (χ3v) is 2.81. The van der Waals surface area contributed by atoms with Crippen molar-refractivity contribution in [2.75, 3.05) is 19.0 Å². The van der Waals surface area contributed by atoms with E-state index in [1.807, 2.05) is 0 Å². The summed E-state index contributed by atoms with van der Waals surface area (Å²) in [6.45, 7) is 0. The number of diazo groups is 1. The molecule has 0 unspecified atom stereocenters. The predicted molar refractivity (Wildman–Crippen MR) is 60.5 cm³/mol. The van der Waals surface area contributed by atoms with E-state index in [1.54, 1.807) is 19.0 Å². The SMILES string of the molecule is CN(C)c1c(Cl)cc([N+]#N)c(Cl)c1Cl. The quantitative estimate of drug-likeness (QED) is 0.553. The molecule has 0 aliphatic heterocycles. The average molecular weight is 252 g/mol. The van der Waals surface area contributed by atoms with Crippen LogP contribution in [0.4, 0.5) is 11.4 Å². The largest absolute Gasteiger partial charge is 0.406 e. The van der Waals surface area contributed by atoms with Crippen molar-refractivity contribution in [3.05, 3.63) is 26.1 Å². The molecule has 1 aromatic rings. The van der Waals surface area contributed by atoms with Gasteiger partial charge < -0.3 is 4.90 Å². The Hall–Kier alpha value is -0.690. The second-order valence-electron chi connectivity index (χ2n) is 2.85. The molecule has 0 saturated heterocycles. The van der Waals surface area contributed by atoms with Gasteiger partial charge in [0.25, 0.3) is 0 Å². The number of nitrogens with zero attached hydrogens (tertiary/aromatic N) is 3. The average Bonchev–Trinajstić information content (AvgIpc) is 2.10. The molecule has 0 fully saturated rings. The third kappa shape index (κ3) is 1.88. The molecule has 0 radical (unpaired) electrons. The number of rotatable bonds is 1. The van der Waals surface area contributed by atoms with Gasteiger partial charge in [-0.05, 0) is 0 Å². The van der Waals surface area contributed by atoms with Gasteiger partial charge in [0.2, 0.25) is 5.39 Å². The van der Waals surface area contributed by atoms with Crippen LogP contribution in [0.3, 0.4) is 0 Å². The Labute approximate surface area is 96.8 Å². The summed E-state index contributed by atoms with van der Waals surface area (Å²) in [5.41, 5.74) is 0.762. The van der Waals surface area contributed by atoms with Crippen LogP contribution in [0.5, 0.6) is 0 Å². The van der Waals surface area contributed by atoms with E-state index < -0.39 is 0 Å². The highest BCUT2D eigenvalue weighted by molar-refractivity contribution is 6.47. The van der Waals surface area contributed by atoms with Gasteiger partial charge in [-0.2, -0.15) is 0 Å².